The molecule has 2 unspecified atom stereocenters. The van der Waals surface area contributed by atoms with Gasteiger partial charge in [0.2, 0.25) is 5.91 Å². The Kier molecular flexibility index (Phi) is 6.23. The first-order valence-electron chi connectivity index (χ1n) is 9.34. The number of amides is 3. The van der Waals surface area contributed by atoms with Crippen LogP contribution in [0.4, 0.5) is 16.3 Å². The van der Waals surface area contributed by atoms with Crippen LogP contribution in [0.3, 0.4) is 0 Å². The van der Waals surface area contributed by atoms with Crippen LogP contribution in [0.2, 0.25) is 0 Å². The van der Waals surface area contributed by atoms with Crippen LogP contribution in [0, 0.1) is 6.92 Å². The number of hydrogen-bond donors (Lipinski definition) is 4. The molecule has 0 aliphatic carbocycles. The van der Waals surface area contributed by atoms with Gasteiger partial charge in [0.15, 0.2) is 6.29 Å². The quantitative estimate of drug-likeness (QED) is 0.588. The number of aromatic nitrogens is 2. The van der Waals surface area contributed by atoms with E-state index in [4.69, 9.17) is 9.47 Å². The van der Waals surface area contributed by atoms with Gasteiger partial charge >= 0.3 is 6.03 Å². The molecule has 0 saturated carbocycles. The molecule has 2 aromatic rings. The van der Waals surface area contributed by atoms with Crippen molar-refractivity contribution in [2.75, 3.05) is 24.9 Å². The molecule has 29 heavy (non-hydrogen) atoms. The van der Waals surface area contributed by atoms with Crippen LogP contribution in [-0.2, 0) is 4.79 Å². The van der Waals surface area contributed by atoms with E-state index in [1.807, 2.05) is 13.8 Å². The number of urea groups is 1. The third-order valence-electron chi connectivity index (χ3n) is 4.57. The SMILES string of the molecule is CCC1CC(=O)NC(n2nc(C)cc2NC(=O)Nc2cc(OC)cc(OC)c2)N1. The first-order valence-corrected chi connectivity index (χ1v) is 9.34. The summed E-state index contributed by atoms with van der Waals surface area (Å²) in [6, 6.07) is 6.39. The third-order valence-corrected chi connectivity index (χ3v) is 4.57. The topological polar surface area (TPSA) is 119 Å². The van der Waals surface area contributed by atoms with Crippen molar-refractivity contribution in [3.05, 3.63) is 30.0 Å². The molecule has 1 fully saturated rings. The Bertz CT molecular complexity index is 875. The molecule has 0 radical (unpaired) electrons. The van der Waals surface area contributed by atoms with E-state index in [0.29, 0.717) is 35.1 Å². The molecule has 4 N–H and O–H groups in total. The number of hydrogen-bond acceptors (Lipinski definition) is 6. The minimum Gasteiger partial charge on any atom is -0.497 e. The first kappa shape index (κ1) is 20.5. The Balaban J connectivity index is 1.75. The summed E-state index contributed by atoms with van der Waals surface area (Å²) in [5.41, 5.74) is 1.22. The summed E-state index contributed by atoms with van der Waals surface area (Å²) in [6.07, 6.45) is 0.682. The molecule has 3 rings (SSSR count). The van der Waals surface area contributed by atoms with Gasteiger partial charge in [-0.1, -0.05) is 6.92 Å². The largest absolute Gasteiger partial charge is 0.497 e. The number of aryl methyl sites for hydroxylation is 1. The zero-order valence-electron chi connectivity index (χ0n) is 16.9. The lowest BCUT2D eigenvalue weighted by molar-refractivity contribution is -0.125. The van der Waals surface area contributed by atoms with Crippen molar-refractivity contribution >= 4 is 23.4 Å². The Hall–Kier alpha value is -3.27. The molecule has 0 spiro atoms. The summed E-state index contributed by atoms with van der Waals surface area (Å²) < 4.78 is 12.0. The van der Waals surface area contributed by atoms with Crippen LogP contribution in [0.5, 0.6) is 11.5 Å². The zero-order valence-corrected chi connectivity index (χ0v) is 16.9. The maximum atomic E-state index is 12.6. The molecule has 156 valence electrons. The second-order valence-corrected chi connectivity index (χ2v) is 6.74. The van der Waals surface area contributed by atoms with E-state index in [9.17, 15) is 9.59 Å². The van der Waals surface area contributed by atoms with Crippen LogP contribution in [-0.4, -0.2) is 42.0 Å². The molecule has 1 aromatic heterocycles. The van der Waals surface area contributed by atoms with Gasteiger partial charge in [-0.05, 0) is 13.3 Å². The van der Waals surface area contributed by atoms with Gasteiger partial charge in [0.1, 0.15) is 17.3 Å². The molecule has 1 aromatic carbocycles. The highest BCUT2D eigenvalue weighted by Crippen LogP contribution is 2.26. The highest BCUT2D eigenvalue weighted by atomic mass is 16.5. The third kappa shape index (κ3) is 4.96. The van der Waals surface area contributed by atoms with E-state index in [1.165, 1.54) is 14.2 Å². The van der Waals surface area contributed by atoms with Gasteiger partial charge in [-0.2, -0.15) is 5.10 Å². The normalized spacial score (nSPS) is 18.7. The van der Waals surface area contributed by atoms with E-state index in [0.717, 1.165) is 6.42 Å². The van der Waals surface area contributed by atoms with Gasteiger partial charge in [0.25, 0.3) is 0 Å². The smallest absolute Gasteiger partial charge is 0.324 e. The second kappa shape index (κ2) is 8.82. The lowest BCUT2D eigenvalue weighted by Gasteiger charge is -2.31. The number of rotatable bonds is 6. The molecule has 2 heterocycles. The number of carbonyl (C=O) groups is 2. The van der Waals surface area contributed by atoms with Crippen LogP contribution < -0.4 is 30.7 Å². The average molecular weight is 402 g/mol. The maximum Gasteiger partial charge on any atom is 0.324 e. The first-order chi connectivity index (χ1) is 13.9. The lowest BCUT2D eigenvalue weighted by Crippen LogP contribution is -2.53. The molecular weight excluding hydrogens is 376 g/mol. The van der Waals surface area contributed by atoms with Crippen LogP contribution >= 0.6 is 0 Å². The highest BCUT2D eigenvalue weighted by Gasteiger charge is 2.28. The molecular formula is C19H26N6O4. The Morgan fingerprint density at radius 2 is 1.90 bits per heavy atom. The van der Waals surface area contributed by atoms with Crippen molar-refractivity contribution in [2.24, 2.45) is 0 Å². The number of nitrogens with zero attached hydrogens (tertiary/aromatic N) is 2. The van der Waals surface area contributed by atoms with Crippen molar-refractivity contribution in [1.29, 1.82) is 0 Å². The van der Waals surface area contributed by atoms with Crippen LogP contribution in [0.1, 0.15) is 31.7 Å². The van der Waals surface area contributed by atoms with Crippen LogP contribution in [0.25, 0.3) is 0 Å². The monoisotopic (exact) mass is 402 g/mol. The van der Waals surface area contributed by atoms with E-state index in [-0.39, 0.29) is 11.9 Å². The number of anilines is 2. The number of ether oxygens (including phenoxy) is 2. The van der Waals surface area contributed by atoms with Gasteiger partial charge in [0.05, 0.1) is 19.9 Å². The molecule has 1 saturated heterocycles. The van der Waals surface area contributed by atoms with Crippen molar-refractivity contribution < 1.29 is 19.1 Å². The fourth-order valence-corrected chi connectivity index (χ4v) is 3.12. The fourth-order valence-electron chi connectivity index (χ4n) is 3.12. The molecule has 3 amide bonds. The van der Waals surface area contributed by atoms with Crippen molar-refractivity contribution in [3.8, 4) is 11.5 Å². The molecule has 10 nitrogen and oxygen atoms in total. The number of carbonyl (C=O) groups excluding carboxylic acids is 2. The Morgan fingerprint density at radius 1 is 1.21 bits per heavy atom. The predicted molar refractivity (Wildman–Crippen MR) is 108 cm³/mol. The lowest BCUT2D eigenvalue weighted by atomic mass is 10.1. The summed E-state index contributed by atoms with van der Waals surface area (Å²) in [6.45, 7) is 3.82. The summed E-state index contributed by atoms with van der Waals surface area (Å²) in [4.78, 5) is 24.6. The highest BCUT2D eigenvalue weighted by molar-refractivity contribution is 5.99. The van der Waals surface area contributed by atoms with Gasteiger partial charge in [-0.3, -0.25) is 15.4 Å². The average Bonchev–Trinajstić information content (AvgIpc) is 3.06. The second-order valence-electron chi connectivity index (χ2n) is 6.74. The fraction of sp³-hybridized carbons (Fsp3) is 0.421. The van der Waals surface area contributed by atoms with Gasteiger partial charge in [0, 0.05) is 42.4 Å². The maximum absolute atomic E-state index is 12.6. The van der Waals surface area contributed by atoms with Crippen molar-refractivity contribution in [1.82, 2.24) is 20.4 Å². The summed E-state index contributed by atoms with van der Waals surface area (Å²) in [5.74, 6) is 1.50. The molecule has 1 aliphatic heterocycles. The number of benzene rings is 1. The molecule has 0 bridgehead atoms. The standard InChI is InChI=1S/C19H26N6O4/c1-5-12-9-17(26)23-18(20-12)25-16(6-11(2)24-25)22-19(27)21-13-7-14(28-3)10-15(8-13)29-4/h6-8,10,12,18,20H,5,9H2,1-4H3,(H,23,26)(H2,21,22,27). The predicted octanol–water partition coefficient (Wildman–Crippen LogP) is 2.20. The minimum atomic E-state index is -0.540. The van der Waals surface area contributed by atoms with Gasteiger partial charge in [-0.25, -0.2) is 9.48 Å². The zero-order chi connectivity index (χ0) is 21.0. The van der Waals surface area contributed by atoms with E-state index >= 15 is 0 Å². The van der Waals surface area contributed by atoms with E-state index in [2.05, 4.69) is 26.4 Å². The van der Waals surface area contributed by atoms with Crippen molar-refractivity contribution in [2.45, 2.75) is 39.0 Å². The molecule has 1 aliphatic rings. The van der Waals surface area contributed by atoms with Crippen LogP contribution in [0.15, 0.2) is 24.3 Å². The Morgan fingerprint density at radius 3 is 2.52 bits per heavy atom. The Labute approximate surface area is 168 Å². The molecule has 10 heteroatoms. The van der Waals surface area contributed by atoms with Gasteiger partial charge < -0.3 is 20.1 Å². The minimum absolute atomic E-state index is 0.0455. The molecule has 2 atom stereocenters. The van der Waals surface area contributed by atoms with E-state index < -0.39 is 12.3 Å². The number of methoxy groups -OCH3 is 2. The van der Waals surface area contributed by atoms with E-state index in [1.54, 1.807) is 28.9 Å². The summed E-state index contributed by atoms with van der Waals surface area (Å²) in [5, 5.41) is 16.1. The number of nitrogens with one attached hydrogen (secondary N) is 4. The van der Waals surface area contributed by atoms with Crippen molar-refractivity contribution in [3.63, 3.8) is 0 Å². The summed E-state index contributed by atoms with van der Waals surface area (Å²) in [7, 11) is 3.07. The summed E-state index contributed by atoms with van der Waals surface area (Å²) >= 11 is 0. The van der Waals surface area contributed by atoms with Gasteiger partial charge in [-0.15, -0.1) is 0 Å².